The van der Waals surface area contributed by atoms with E-state index in [0.717, 1.165) is 6.07 Å². The molecule has 0 fully saturated rings. The molecule has 0 spiro atoms. The number of carboxylic acid groups (broad SMARTS) is 1. The molecule has 0 aromatic heterocycles. The maximum Gasteiger partial charge on any atom is 0.326 e. The fourth-order valence-corrected chi connectivity index (χ4v) is 1.28. The largest absolute Gasteiger partial charge is 0.480 e. The zero-order chi connectivity index (χ0) is 12.8. The van der Waals surface area contributed by atoms with E-state index in [1.54, 1.807) is 0 Å². The van der Waals surface area contributed by atoms with E-state index in [1.165, 1.54) is 18.2 Å². The van der Waals surface area contributed by atoms with Crippen LogP contribution in [0.3, 0.4) is 0 Å². The summed E-state index contributed by atoms with van der Waals surface area (Å²) in [5.41, 5.74) is -0.188. The van der Waals surface area contributed by atoms with Gasteiger partial charge in [-0.25, -0.2) is 9.18 Å². The van der Waals surface area contributed by atoms with Crippen molar-refractivity contribution in [3.8, 4) is 0 Å². The molecule has 0 saturated heterocycles. The highest BCUT2D eigenvalue weighted by atomic mass is 19.1. The van der Waals surface area contributed by atoms with Crippen molar-refractivity contribution in [1.29, 1.82) is 0 Å². The molecule has 6 heteroatoms. The molecular formula is C11H10FNO4. The minimum Gasteiger partial charge on any atom is -0.480 e. The van der Waals surface area contributed by atoms with Crippen LogP contribution in [0.2, 0.25) is 0 Å². The Balaban J connectivity index is 2.81. The number of Topliss-reactive ketones (excluding diaryl/α,β-unsaturated/α-hetero) is 1. The first kappa shape index (κ1) is 12.8. The summed E-state index contributed by atoms with van der Waals surface area (Å²) in [7, 11) is 0. The molecule has 2 N–H and O–H groups in total. The van der Waals surface area contributed by atoms with Gasteiger partial charge in [0.1, 0.15) is 11.9 Å². The van der Waals surface area contributed by atoms with Crippen LogP contribution in [0.1, 0.15) is 16.8 Å². The zero-order valence-electron chi connectivity index (χ0n) is 8.72. The van der Waals surface area contributed by atoms with E-state index in [2.05, 4.69) is 0 Å². The molecule has 1 atom stereocenters. The molecule has 0 aliphatic carbocycles. The number of nitrogens with one attached hydrogen (secondary N) is 1. The van der Waals surface area contributed by atoms with Crippen LogP contribution < -0.4 is 5.32 Å². The zero-order valence-corrected chi connectivity index (χ0v) is 8.72. The highest BCUT2D eigenvalue weighted by molar-refractivity contribution is 5.99. The Labute approximate surface area is 96.3 Å². The van der Waals surface area contributed by atoms with Crippen molar-refractivity contribution in [2.45, 2.75) is 12.5 Å². The number of benzene rings is 1. The normalized spacial score (nSPS) is 11.6. The van der Waals surface area contributed by atoms with E-state index in [-0.39, 0.29) is 12.0 Å². The van der Waals surface area contributed by atoms with Crippen molar-refractivity contribution >= 4 is 18.2 Å². The van der Waals surface area contributed by atoms with Gasteiger partial charge in [-0.3, -0.25) is 9.59 Å². The molecule has 0 radical (unpaired) electrons. The van der Waals surface area contributed by atoms with Crippen LogP contribution in [0.5, 0.6) is 0 Å². The molecule has 1 amide bonds. The lowest BCUT2D eigenvalue weighted by molar-refractivity contribution is -0.140. The van der Waals surface area contributed by atoms with Gasteiger partial charge in [-0.05, 0) is 12.1 Å². The highest BCUT2D eigenvalue weighted by Crippen LogP contribution is 2.10. The SMILES string of the molecule is O=CNC(CC(=O)c1ccccc1F)C(=O)O. The smallest absolute Gasteiger partial charge is 0.326 e. The topological polar surface area (TPSA) is 83.5 Å². The van der Waals surface area contributed by atoms with Crippen molar-refractivity contribution in [2.24, 2.45) is 0 Å². The van der Waals surface area contributed by atoms with Crippen LogP contribution in [0, 0.1) is 5.82 Å². The minimum absolute atomic E-state index is 0.188. The first-order valence-corrected chi connectivity index (χ1v) is 4.76. The first-order valence-electron chi connectivity index (χ1n) is 4.76. The first-order chi connectivity index (χ1) is 8.06. The van der Waals surface area contributed by atoms with Crippen LogP contribution in [0.4, 0.5) is 4.39 Å². The van der Waals surface area contributed by atoms with E-state index in [9.17, 15) is 18.8 Å². The van der Waals surface area contributed by atoms with Crippen LogP contribution >= 0.6 is 0 Å². The van der Waals surface area contributed by atoms with Crippen LogP contribution in [0.15, 0.2) is 24.3 Å². The Kier molecular flexibility index (Phi) is 4.33. The van der Waals surface area contributed by atoms with Gasteiger partial charge in [0.2, 0.25) is 6.41 Å². The van der Waals surface area contributed by atoms with Crippen LogP contribution in [-0.2, 0) is 9.59 Å². The summed E-state index contributed by atoms with van der Waals surface area (Å²) in [6, 6.07) is 3.91. The predicted octanol–water partition coefficient (Wildman–Crippen LogP) is 0.598. The van der Waals surface area contributed by atoms with Gasteiger partial charge in [0, 0.05) is 6.42 Å². The summed E-state index contributed by atoms with van der Waals surface area (Å²) in [6.07, 6.45) is -0.303. The third-order valence-corrected chi connectivity index (χ3v) is 2.13. The summed E-state index contributed by atoms with van der Waals surface area (Å²) in [5.74, 6) is -2.74. The second-order valence-electron chi connectivity index (χ2n) is 3.28. The molecule has 17 heavy (non-hydrogen) atoms. The monoisotopic (exact) mass is 239 g/mol. The number of hydrogen-bond acceptors (Lipinski definition) is 3. The summed E-state index contributed by atoms with van der Waals surface area (Å²) in [6.45, 7) is 0. The lowest BCUT2D eigenvalue weighted by Crippen LogP contribution is -2.37. The van der Waals surface area contributed by atoms with E-state index < -0.39 is 30.0 Å². The number of carbonyl (C=O) groups excluding carboxylic acids is 2. The number of halogens is 1. The van der Waals surface area contributed by atoms with Gasteiger partial charge in [-0.15, -0.1) is 0 Å². The quantitative estimate of drug-likeness (QED) is 0.562. The van der Waals surface area contributed by atoms with Crippen LogP contribution in [0.25, 0.3) is 0 Å². The Morgan fingerprint density at radius 1 is 1.41 bits per heavy atom. The highest BCUT2D eigenvalue weighted by Gasteiger charge is 2.22. The fourth-order valence-electron chi connectivity index (χ4n) is 1.28. The molecule has 90 valence electrons. The standard InChI is InChI=1S/C11H10FNO4/c12-8-4-2-1-3-7(8)10(15)5-9(11(16)17)13-6-14/h1-4,6,9H,5H2,(H,13,14)(H,16,17). The van der Waals surface area contributed by atoms with Crippen LogP contribution in [-0.4, -0.2) is 29.3 Å². The summed E-state index contributed by atoms with van der Waals surface area (Å²) in [4.78, 5) is 32.4. The summed E-state index contributed by atoms with van der Waals surface area (Å²) < 4.78 is 13.2. The molecule has 1 aromatic carbocycles. The number of ketones is 1. The van der Waals surface area contributed by atoms with Gasteiger partial charge in [0.05, 0.1) is 5.56 Å². The second kappa shape index (κ2) is 5.74. The van der Waals surface area contributed by atoms with Crippen molar-refractivity contribution in [3.63, 3.8) is 0 Å². The van der Waals surface area contributed by atoms with Crippen molar-refractivity contribution in [1.82, 2.24) is 5.32 Å². The van der Waals surface area contributed by atoms with Gasteiger partial charge < -0.3 is 10.4 Å². The third kappa shape index (κ3) is 3.37. The van der Waals surface area contributed by atoms with Gasteiger partial charge in [0.25, 0.3) is 0 Å². The lowest BCUT2D eigenvalue weighted by atomic mass is 10.0. The second-order valence-corrected chi connectivity index (χ2v) is 3.28. The molecule has 0 aliphatic rings. The molecule has 0 heterocycles. The maximum atomic E-state index is 13.2. The molecule has 5 nitrogen and oxygen atoms in total. The molecule has 0 bridgehead atoms. The molecule has 1 rings (SSSR count). The molecule has 1 unspecified atom stereocenters. The number of carbonyl (C=O) groups is 3. The maximum absolute atomic E-state index is 13.2. The molecule has 1 aromatic rings. The van der Waals surface area contributed by atoms with Gasteiger partial charge in [0.15, 0.2) is 5.78 Å². The van der Waals surface area contributed by atoms with Gasteiger partial charge in [-0.1, -0.05) is 12.1 Å². The average Bonchev–Trinajstić information content (AvgIpc) is 2.28. The summed E-state index contributed by atoms with van der Waals surface area (Å²) in [5, 5.41) is 10.7. The molecule has 0 saturated carbocycles. The van der Waals surface area contributed by atoms with E-state index in [0.29, 0.717) is 0 Å². The lowest BCUT2D eigenvalue weighted by Gasteiger charge is -2.10. The predicted molar refractivity (Wildman–Crippen MR) is 56.0 cm³/mol. The van der Waals surface area contributed by atoms with Crippen molar-refractivity contribution in [2.75, 3.05) is 0 Å². The number of carboxylic acids is 1. The van der Waals surface area contributed by atoms with Crippen molar-refractivity contribution in [3.05, 3.63) is 35.6 Å². The number of amides is 1. The molecule has 0 aliphatic heterocycles. The molecular weight excluding hydrogens is 229 g/mol. The summed E-state index contributed by atoms with van der Waals surface area (Å²) >= 11 is 0. The Hall–Kier alpha value is -2.24. The van der Waals surface area contributed by atoms with E-state index >= 15 is 0 Å². The van der Waals surface area contributed by atoms with Crippen molar-refractivity contribution < 1.29 is 23.9 Å². The Morgan fingerprint density at radius 2 is 2.06 bits per heavy atom. The van der Waals surface area contributed by atoms with Gasteiger partial charge in [-0.2, -0.15) is 0 Å². The number of aliphatic carboxylic acids is 1. The Bertz CT molecular complexity index is 447. The minimum atomic E-state index is -1.35. The van der Waals surface area contributed by atoms with E-state index in [4.69, 9.17) is 5.11 Å². The number of rotatable bonds is 6. The number of hydrogen-bond donors (Lipinski definition) is 2. The van der Waals surface area contributed by atoms with Gasteiger partial charge >= 0.3 is 5.97 Å². The van der Waals surface area contributed by atoms with E-state index in [1.807, 2.05) is 5.32 Å². The third-order valence-electron chi connectivity index (χ3n) is 2.13. The Morgan fingerprint density at radius 3 is 2.59 bits per heavy atom. The average molecular weight is 239 g/mol. The fraction of sp³-hybridized carbons (Fsp3) is 0.182.